The summed E-state index contributed by atoms with van der Waals surface area (Å²) in [5, 5.41) is 10.3. The first kappa shape index (κ1) is 17.0. The number of carbonyl (C=O) groups excluding carboxylic acids is 1. The number of hydrogen-bond donors (Lipinski definition) is 1. The summed E-state index contributed by atoms with van der Waals surface area (Å²) in [7, 11) is -3.61. The third kappa shape index (κ3) is 3.97. The van der Waals surface area contributed by atoms with Gasteiger partial charge in [0, 0.05) is 13.1 Å². The largest absolute Gasteiger partial charge is 0.300 e. The van der Waals surface area contributed by atoms with E-state index >= 15 is 0 Å². The van der Waals surface area contributed by atoms with Gasteiger partial charge in [0.25, 0.3) is 10.0 Å². The van der Waals surface area contributed by atoms with Gasteiger partial charge in [-0.3, -0.25) is 4.79 Å². The van der Waals surface area contributed by atoms with Crippen molar-refractivity contribution in [1.29, 1.82) is 0 Å². The summed E-state index contributed by atoms with van der Waals surface area (Å²) in [5.41, 5.74) is 0.876. The molecule has 0 spiro atoms. The maximum atomic E-state index is 12.5. The zero-order valence-corrected chi connectivity index (χ0v) is 14.6. The number of nitrogens with zero attached hydrogens (tertiary/aromatic N) is 3. The van der Waals surface area contributed by atoms with Crippen molar-refractivity contribution in [3.8, 4) is 0 Å². The Labute approximate surface area is 144 Å². The van der Waals surface area contributed by atoms with Gasteiger partial charge < -0.3 is 5.32 Å². The lowest BCUT2D eigenvalue weighted by Gasteiger charge is -2.24. The van der Waals surface area contributed by atoms with Gasteiger partial charge in [-0.2, -0.15) is 4.31 Å². The molecule has 0 aliphatic carbocycles. The first-order chi connectivity index (χ1) is 11.6. The molecule has 24 heavy (non-hydrogen) atoms. The molecule has 1 aliphatic rings. The van der Waals surface area contributed by atoms with Crippen LogP contribution in [0.4, 0.5) is 5.13 Å². The van der Waals surface area contributed by atoms with E-state index in [-0.39, 0.29) is 21.8 Å². The van der Waals surface area contributed by atoms with Gasteiger partial charge in [-0.1, -0.05) is 48.1 Å². The van der Waals surface area contributed by atoms with Crippen LogP contribution in [0.3, 0.4) is 0 Å². The van der Waals surface area contributed by atoms with Crippen LogP contribution in [0.2, 0.25) is 0 Å². The molecule has 1 aromatic heterocycles. The Morgan fingerprint density at radius 2 is 1.83 bits per heavy atom. The number of sulfonamides is 1. The van der Waals surface area contributed by atoms with Crippen molar-refractivity contribution >= 4 is 32.4 Å². The molecular formula is C15H18N4O3S2. The van der Waals surface area contributed by atoms with Crippen molar-refractivity contribution in [2.24, 2.45) is 0 Å². The number of amides is 1. The molecule has 9 heteroatoms. The molecule has 1 amide bonds. The van der Waals surface area contributed by atoms with E-state index in [9.17, 15) is 13.2 Å². The van der Waals surface area contributed by atoms with Crippen molar-refractivity contribution < 1.29 is 13.2 Å². The Balaban J connectivity index is 1.65. The van der Waals surface area contributed by atoms with Gasteiger partial charge in [-0.25, -0.2) is 8.42 Å². The molecule has 0 radical (unpaired) electrons. The van der Waals surface area contributed by atoms with E-state index in [1.54, 1.807) is 0 Å². The molecule has 0 atom stereocenters. The Bertz CT molecular complexity index is 799. The van der Waals surface area contributed by atoms with Crippen LogP contribution in [0.15, 0.2) is 34.7 Å². The second-order valence-corrected chi connectivity index (χ2v) is 8.64. The zero-order chi connectivity index (χ0) is 17.0. The lowest BCUT2D eigenvalue weighted by molar-refractivity contribution is -0.115. The molecule has 7 nitrogen and oxygen atoms in total. The fourth-order valence-corrected chi connectivity index (χ4v) is 5.10. The highest BCUT2D eigenvalue weighted by Crippen LogP contribution is 2.25. The Hall–Kier alpha value is -1.84. The molecule has 2 aromatic rings. The van der Waals surface area contributed by atoms with Gasteiger partial charge in [0.05, 0.1) is 6.42 Å². The molecule has 128 valence electrons. The summed E-state index contributed by atoms with van der Waals surface area (Å²) in [6.45, 7) is 1.02. The molecule has 3 rings (SSSR count). The second kappa shape index (κ2) is 7.37. The number of benzene rings is 1. The van der Waals surface area contributed by atoms with Crippen LogP contribution in [-0.4, -0.2) is 41.9 Å². The van der Waals surface area contributed by atoms with Crippen LogP contribution in [0, 0.1) is 0 Å². The predicted octanol–water partition coefficient (Wildman–Crippen LogP) is 1.89. The summed E-state index contributed by atoms with van der Waals surface area (Å²) < 4.78 is 26.4. The molecule has 0 bridgehead atoms. The lowest BCUT2D eigenvalue weighted by atomic mass is 10.1. The van der Waals surface area contributed by atoms with E-state index in [0.29, 0.717) is 13.1 Å². The summed E-state index contributed by atoms with van der Waals surface area (Å²) in [6, 6.07) is 9.30. The number of hydrogen-bond acceptors (Lipinski definition) is 6. The second-order valence-electron chi connectivity index (χ2n) is 5.55. The summed E-state index contributed by atoms with van der Waals surface area (Å²) in [4.78, 5) is 12.0. The molecule has 1 aliphatic heterocycles. The van der Waals surface area contributed by atoms with E-state index in [2.05, 4.69) is 15.5 Å². The zero-order valence-electron chi connectivity index (χ0n) is 13.0. The first-order valence-corrected chi connectivity index (χ1v) is 9.99. The van der Waals surface area contributed by atoms with Crippen LogP contribution < -0.4 is 5.32 Å². The van der Waals surface area contributed by atoms with Gasteiger partial charge >= 0.3 is 0 Å². The smallest absolute Gasteiger partial charge is 0.272 e. The molecule has 0 unspecified atom stereocenters. The van der Waals surface area contributed by atoms with E-state index in [0.717, 1.165) is 36.2 Å². The van der Waals surface area contributed by atoms with Crippen molar-refractivity contribution in [3.05, 3.63) is 35.9 Å². The first-order valence-electron chi connectivity index (χ1n) is 7.73. The van der Waals surface area contributed by atoms with E-state index in [4.69, 9.17) is 0 Å². The molecule has 0 saturated carbocycles. The average Bonchev–Trinajstić information content (AvgIpc) is 3.05. The standard InChI is InChI=1S/C15H18N4O3S2/c20-13(11-12-7-3-1-4-8-12)16-14-17-18-15(23-14)24(21,22)19-9-5-2-6-10-19/h1,3-4,7-8H,2,5-6,9-11H2,(H,16,17,20). The van der Waals surface area contributed by atoms with Gasteiger partial charge in [0.15, 0.2) is 0 Å². The molecular weight excluding hydrogens is 348 g/mol. The van der Waals surface area contributed by atoms with Crippen LogP contribution in [0.25, 0.3) is 0 Å². The molecule has 1 fully saturated rings. The van der Waals surface area contributed by atoms with Crippen LogP contribution >= 0.6 is 11.3 Å². The predicted molar refractivity (Wildman–Crippen MR) is 91.3 cm³/mol. The number of aromatic nitrogens is 2. The summed E-state index contributed by atoms with van der Waals surface area (Å²) in [5.74, 6) is -0.251. The van der Waals surface area contributed by atoms with Crippen LogP contribution in [0.5, 0.6) is 0 Å². The lowest BCUT2D eigenvalue weighted by Crippen LogP contribution is -2.35. The van der Waals surface area contributed by atoms with Crippen molar-refractivity contribution in [3.63, 3.8) is 0 Å². The van der Waals surface area contributed by atoms with Crippen molar-refractivity contribution in [2.75, 3.05) is 18.4 Å². The Morgan fingerprint density at radius 3 is 2.54 bits per heavy atom. The molecule has 1 N–H and O–H groups in total. The fourth-order valence-electron chi connectivity index (χ4n) is 2.52. The summed E-state index contributed by atoms with van der Waals surface area (Å²) >= 11 is 0.889. The number of nitrogens with one attached hydrogen (secondary N) is 1. The normalized spacial score (nSPS) is 16.0. The third-order valence-electron chi connectivity index (χ3n) is 3.74. The van der Waals surface area contributed by atoms with Gasteiger partial charge in [0.1, 0.15) is 0 Å². The third-order valence-corrected chi connectivity index (χ3v) is 6.82. The van der Waals surface area contributed by atoms with E-state index < -0.39 is 10.0 Å². The number of rotatable bonds is 5. The highest BCUT2D eigenvalue weighted by Gasteiger charge is 2.29. The average molecular weight is 366 g/mol. The number of carbonyl (C=O) groups is 1. The van der Waals surface area contributed by atoms with Crippen LogP contribution in [0.1, 0.15) is 24.8 Å². The maximum absolute atomic E-state index is 12.5. The molecule has 1 saturated heterocycles. The Kier molecular flexibility index (Phi) is 5.22. The fraction of sp³-hybridized carbons (Fsp3) is 0.400. The number of anilines is 1. The van der Waals surface area contributed by atoms with Crippen LogP contribution in [-0.2, 0) is 21.2 Å². The maximum Gasteiger partial charge on any atom is 0.272 e. The Morgan fingerprint density at radius 1 is 1.12 bits per heavy atom. The van der Waals surface area contributed by atoms with E-state index in [1.807, 2.05) is 30.3 Å². The topological polar surface area (TPSA) is 92.3 Å². The number of piperidine rings is 1. The highest BCUT2D eigenvalue weighted by molar-refractivity contribution is 7.91. The van der Waals surface area contributed by atoms with Gasteiger partial charge in [0.2, 0.25) is 15.4 Å². The quantitative estimate of drug-likeness (QED) is 0.816. The minimum Gasteiger partial charge on any atom is -0.300 e. The minimum absolute atomic E-state index is 0.0700. The highest BCUT2D eigenvalue weighted by atomic mass is 32.2. The monoisotopic (exact) mass is 366 g/mol. The molecule has 2 heterocycles. The minimum atomic E-state index is -3.61. The van der Waals surface area contributed by atoms with Gasteiger partial charge in [-0.15, -0.1) is 10.2 Å². The summed E-state index contributed by atoms with van der Waals surface area (Å²) in [6.07, 6.45) is 2.97. The van der Waals surface area contributed by atoms with Crippen molar-refractivity contribution in [1.82, 2.24) is 14.5 Å². The van der Waals surface area contributed by atoms with Crippen molar-refractivity contribution in [2.45, 2.75) is 30.0 Å². The SMILES string of the molecule is O=C(Cc1ccccc1)Nc1nnc(S(=O)(=O)N2CCCCC2)s1. The van der Waals surface area contributed by atoms with E-state index in [1.165, 1.54) is 4.31 Å². The van der Waals surface area contributed by atoms with Gasteiger partial charge in [-0.05, 0) is 18.4 Å². The molecule has 1 aromatic carbocycles.